The number of ether oxygens (including phenoxy) is 1. The van der Waals surface area contributed by atoms with E-state index in [-0.39, 0.29) is 30.2 Å². The van der Waals surface area contributed by atoms with E-state index in [1.54, 1.807) is 13.3 Å². The number of nitrogens with zero attached hydrogens (tertiary/aromatic N) is 6. The molecule has 351 valence electrons. The number of aromatic nitrogens is 2. The highest BCUT2D eigenvalue weighted by molar-refractivity contribution is 9.10. The van der Waals surface area contributed by atoms with Gasteiger partial charge in [-0.15, -0.1) is 0 Å². The molecule has 9 rings (SSSR count). The van der Waals surface area contributed by atoms with Crippen molar-refractivity contribution in [3.05, 3.63) is 82.0 Å². The van der Waals surface area contributed by atoms with Crippen molar-refractivity contribution < 1.29 is 32.8 Å². The van der Waals surface area contributed by atoms with Crippen LogP contribution in [0.15, 0.2) is 59.2 Å². The molecule has 66 heavy (non-hydrogen) atoms. The van der Waals surface area contributed by atoms with Gasteiger partial charge in [0.1, 0.15) is 23.2 Å². The topological polar surface area (TPSA) is 156 Å². The third kappa shape index (κ3) is 9.59. The zero-order chi connectivity index (χ0) is 46.1. The number of amides is 3. The molecule has 0 aliphatic carbocycles. The van der Waals surface area contributed by atoms with Crippen LogP contribution in [0, 0.1) is 17.6 Å². The van der Waals surface area contributed by atoms with Crippen molar-refractivity contribution >= 4 is 81.0 Å². The number of aryl methyl sites for hydroxylation is 1. The number of para-hydroxylation sites is 1. The summed E-state index contributed by atoms with van der Waals surface area (Å²) in [5.41, 5.74) is 4.01. The van der Waals surface area contributed by atoms with Gasteiger partial charge >= 0.3 is 0 Å². The Morgan fingerprint density at radius 2 is 1.64 bits per heavy atom. The lowest BCUT2D eigenvalue weighted by molar-refractivity contribution is -0.137. The van der Waals surface area contributed by atoms with Gasteiger partial charge in [-0.3, -0.25) is 24.6 Å². The molecule has 3 aromatic carbocycles. The lowest BCUT2D eigenvalue weighted by Crippen LogP contribution is -2.55. The van der Waals surface area contributed by atoms with Gasteiger partial charge < -0.3 is 35.0 Å². The summed E-state index contributed by atoms with van der Waals surface area (Å²) >= 11 is 3.62. The molecular formula is C48H58BrF2N9O5P. The van der Waals surface area contributed by atoms with Crippen LogP contribution >= 0.6 is 23.4 Å². The molecule has 5 fully saturated rings. The molecule has 0 bridgehead atoms. The molecule has 1 radical (unpaired) electrons. The lowest BCUT2D eigenvalue weighted by Gasteiger charge is -2.44. The molecule has 18 heteroatoms. The van der Waals surface area contributed by atoms with Gasteiger partial charge in [0.05, 0.1) is 29.1 Å². The summed E-state index contributed by atoms with van der Waals surface area (Å²) in [5, 5.41) is 10.0. The number of piperazine rings is 1. The quantitative estimate of drug-likeness (QED) is 0.0848. The Balaban J connectivity index is 0.780. The van der Waals surface area contributed by atoms with Crippen LogP contribution in [0.4, 0.5) is 43.3 Å². The van der Waals surface area contributed by atoms with E-state index in [1.165, 1.54) is 17.7 Å². The fourth-order valence-electron chi connectivity index (χ4n) is 10.6. The number of anilines is 6. The van der Waals surface area contributed by atoms with Crippen molar-refractivity contribution in [2.24, 2.45) is 5.92 Å². The second kappa shape index (κ2) is 19.7. The van der Waals surface area contributed by atoms with E-state index in [9.17, 15) is 19.3 Å². The van der Waals surface area contributed by atoms with Crippen molar-refractivity contribution in [1.82, 2.24) is 25.1 Å². The molecule has 4 aromatic rings. The third-order valence-corrected chi connectivity index (χ3v) is 18.2. The van der Waals surface area contributed by atoms with Crippen LogP contribution in [0.3, 0.4) is 0 Å². The van der Waals surface area contributed by atoms with Crippen molar-refractivity contribution in [3.63, 3.8) is 0 Å². The number of imide groups is 1. The fraction of sp³-hybridized carbons (Fsp3) is 0.479. The van der Waals surface area contributed by atoms with E-state index >= 15 is 8.78 Å². The first-order chi connectivity index (χ1) is 31.9. The highest BCUT2D eigenvalue weighted by Crippen LogP contribution is 2.60. The van der Waals surface area contributed by atoms with Crippen molar-refractivity contribution in [1.29, 1.82) is 0 Å². The predicted molar refractivity (Wildman–Crippen MR) is 258 cm³/mol. The summed E-state index contributed by atoms with van der Waals surface area (Å²) in [4.78, 5) is 67.3. The number of piperidine rings is 2. The molecule has 0 spiro atoms. The minimum absolute atomic E-state index is 0.0303. The molecule has 2 unspecified atom stereocenters. The maximum Gasteiger partial charge on any atom is 0.234 e. The molecule has 6 heterocycles. The number of carbonyl (C=O) groups excluding carboxylic acids is 3. The lowest BCUT2D eigenvalue weighted by atomic mass is 9.89. The number of benzene rings is 3. The monoisotopic (exact) mass is 988 g/mol. The maximum absolute atomic E-state index is 15.3. The Hall–Kier alpha value is -4.96. The summed E-state index contributed by atoms with van der Waals surface area (Å²) in [6, 6.07) is 15.1. The smallest absolute Gasteiger partial charge is 0.234 e. The van der Waals surface area contributed by atoms with Gasteiger partial charge in [0.2, 0.25) is 23.7 Å². The van der Waals surface area contributed by atoms with E-state index < -0.39 is 36.9 Å². The van der Waals surface area contributed by atoms with Gasteiger partial charge in [-0.2, -0.15) is 4.98 Å². The van der Waals surface area contributed by atoms with Gasteiger partial charge in [0.25, 0.3) is 0 Å². The van der Waals surface area contributed by atoms with Crippen molar-refractivity contribution in [3.8, 4) is 5.75 Å². The van der Waals surface area contributed by atoms with Gasteiger partial charge in [-0.1, -0.05) is 25.1 Å². The Labute approximate surface area is 393 Å². The van der Waals surface area contributed by atoms with E-state index in [0.29, 0.717) is 66.3 Å². The van der Waals surface area contributed by atoms with Crippen molar-refractivity contribution in [2.75, 3.05) is 92.2 Å². The normalized spacial score (nSPS) is 21.6. The summed E-state index contributed by atoms with van der Waals surface area (Å²) in [5.74, 6) is -2.30. The van der Waals surface area contributed by atoms with Crippen LogP contribution in [-0.2, 0) is 20.8 Å². The van der Waals surface area contributed by atoms with Gasteiger partial charge in [0, 0.05) is 113 Å². The number of carbonyl (C=O) groups is 3. The van der Waals surface area contributed by atoms with Crippen LogP contribution in [0.25, 0.3) is 0 Å². The predicted octanol–water partition coefficient (Wildman–Crippen LogP) is 7.08. The largest absolute Gasteiger partial charge is 0.494 e. The van der Waals surface area contributed by atoms with Gasteiger partial charge in [-0.25, -0.2) is 13.8 Å². The third-order valence-electron chi connectivity index (χ3n) is 14.2. The van der Waals surface area contributed by atoms with Crippen LogP contribution in [0.2, 0.25) is 0 Å². The SMILES string of the molecule is CCc1cc(Nc2ncc(Br)c(Nc3ccccc3[P]3(O)CCCC3)n2)c(OC)cc1N1CCC(N2CCN(C(=O)C3CCN(c4cc(F)c(C5CCC(=O)NC5=O)c(F)c4)C3)CC2)CC1. The zero-order valence-electron chi connectivity index (χ0n) is 37.5. The highest BCUT2D eigenvalue weighted by atomic mass is 79.9. The fourth-order valence-corrected chi connectivity index (χ4v) is 14.0. The van der Waals surface area contributed by atoms with Crippen LogP contribution in [-0.4, -0.2) is 120 Å². The van der Waals surface area contributed by atoms with E-state index in [0.717, 1.165) is 93.0 Å². The van der Waals surface area contributed by atoms with E-state index in [2.05, 4.69) is 65.7 Å². The number of nitrogens with one attached hydrogen (secondary N) is 3. The number of methoxy groups -OCH3 is 1. The highest BCUT2D eigenvalue weighted by Gasteiger charge is 2.38. The number of hydrogen-bond donors (Lipinski definition) is 4. The Morgan fingerprint density at radius 1 is 0.924 bits per heavy atom. The minimum atomic E-state index is -2.20. The number of halogens is 3. The average molecular weight is 990 g/mol. The molecule has 1 aromatic heterocycles. The molecule has 4 N–H and O–H groups in total. The first-order valence-electron chi connectivity index (χ1n) is 23.2. The van der Waals surface area contributed by atoms with Crippen LogP contribution < -0.4 is 35.8 Å². The molecule has 5 saturated heterocycles. The first-order valence-corrected chi connectivity index (χ1v) is 26.1. The molecule has 3 amide bonds. The van der Waals surface area contributed by atoms with Gasteiger partial charge in [-0.05, 0) is 103 Å². The molecule has 0 saturated carbocycles. The molecular weight excluding hydrogens is 931 g/mol. The summed E-state index contributed by atoms with van der Waals surface area (Å²) in [6.45, 7) is 7.69. The Kier molecular flexibility index (Phi) is 13.8. The van der Waals surface area contributed by atoms with E-state index in [1.807, 2.05) is 34.1 Å². The standard InChI is InChI=1S/C48H58BrF2N9O5P/c1-3-30-24-39(54-48-52-28-35(49)45(56-48)53-38-8-4-5-9-42(38)66(64)22-6-7-23-66)41(65-2)27-40(30)58-16-13-32(14-17-58)57-18-20-59(21-19-57)47(63)31-12-15-60(29-31)33-25-36(50)44(37(51)26-33)34-10-11-43(61)55-46(34)62/h4-5,8-9,24-28,31-32,34,64H,3,6-7,10-23,29H2,1-2H3,(H,55,61,62)(H2,52,53,54,56). The number of hydrogen-bond acceptors (Lipinski definition) is 12. The Morgan fingerprint density at radius 3 is 2.33 bits per heavy atom. The first kappa shape index (κ1) is 46.2. The second-order valence-corrected chi connectivity index (χ2v) is 22.2. The van der Waals surface area contributed by atoms with Crippen LogP contribution in [0.5, 0.6) is 5.75 Å². The molecule has 5 aliphatic rings. The van der Waals surface area contributed by atoms with Crippen molar-refractivity contribution in [2.45, 2.75) is 70.3 Å². The minimum Gasteiger partial charge on any atom is -0.494 e. The average Bonchev–Trinajstić information content (AvgIpc) is 4.01. The maximum atomic E-state index is 15.3. The zero-order valence-corrected chi connectivity index (χ0v) is 40.0. The van der Waals surface area contributed by atoms with Crippen LogP contribution in [0.1, 0.15) is 68.9 Å². The second-order valence-electron chi connectivity index (χ2n) is 18.1. The summed E-state index contributed by atoms with van der Waals surface area (Å²) < 4.78 is 37.2. The molecule has 2 atom stereocenters. The number of rotatable bonds is 12. The summed E-state index contributed by atoms with van der Waals surface area (Å²) in [7, 11) is -0.531. The van der Waals surface area contributed by atoms with E-state index in [4.69, 9.17) is 9.72 Å². The molecule has 5 aliphatic heterocycles. The molecule has 14 nitrogen and oxygen atoms in total. The summed E-state index contributed by atoms with van der Waals surface area (Å²) in [6.07, 6.45) is 9.00. The van der Waals surface area contributed by atoms with Gasteiger partial charge in [0.15, 0.2) is 0 Å². The Bertz CT molecular complexity index is 2460.